The van der Waals surface area contributed by atoms with Crippen molar-refractivity contribution in [2.24, 2.45) is 0 Å². The lowest BCUT2D eigenvalue weighted by Gasteiger charge is -2.07. The topological polar surface area (TPSA) is 20.2 Å². The van der Waals surface area contributed by atoms with Crippen molar-refractivity contribution in [1.82, 2.24) is 0 Å². The van der Waals surface area contributed by atoms with Crippen molar-refractivity contribution in [2.75, 3.05) is 0 Å². The molecule has 0 spiro atoms. The van der Waals surface area contributed by atoms with Gasteiger partial charge < -0.3 is 5.11 Å². The van der Waals surface area contributed by atoms with Gasteiger partial charge in [0.2, 0.25) is 0 Å². The molecule has 0 radical (unpaired) electrons. The van der Waals surface area contributed by atoms with E-state index in [-0.39, 0.29) is 5.02 Å². The van der Waals surface area contributed by atoms with Gasteiger partial charge in [0, 0.05) is 0 Å². The Balaban J connectivity index is 3.21. The summed E-state index contributed by atoms with van der Waals surface area (Å²) in [6.45, 7) is 3.29. The Kier molecular flexibility index (Phi) is 2.70. The molecule has 1 aromatic carbocycles. The first-order valence-corrected chi connectivity index (χ1v) is 4.03. The molecule has 0 aromatic heterocycles. The lowest BCUT2D eigenvalue weighted by Crippen LogP contribution is -1.94. The summed E-state index contributed by atoms with van der Waals surface area (Å²) < 4.78 is 13.0. The lowest BCUT2D eigenvalue weighted by atomic mass is 10.1. The highest BCUT2D eigenvalue weighted by atomic mass is 35.5. The van der Waals surface area contributed by atoms with Crippen LogP contribution < -0.4 is 0 Å². The van der Waals surface area contributed by atoms with E-state index in [1.807, 2.05) is 0 Å². The summed E-state index contributed by atoms with van der Waals surface area (Å²) in [6, 6.07) is 2.93. The summed E-state index contributed by atoms with van der Waals surface area (Å²) in [7, 11) is 0. The third kappa shape index (κ3) is 1.76. The summed E-state index contributed by atoms with van der Waals surface area (Å²) in [4.78, 5) is 0. The Morgan fingerprint density at radius 3 is 2.50 bits per heavy atom. The second kappa shape index (κ2) is 3.42. The minimum atomic E-state index is -0.657. The number of benzene rings is 1. The van der Waals surface area contributed by atoms with Crippen LogP contribution in [0.1, 0.15) is 24.2 Å². The molecular formula is C9H10ClFO. The second-order valence-corrected chi connectivity index (χ2v) is 3.19. The molecule has 0 amide bonds. The van der Waals surface area contributed by atoms with Crippen molar-refractivity contribution in [2.45, 2.75) is 20.0 Å². The normalized spacial score (nSPS) is 13.1. The van der Waals surface area contributed by atoms with Gasteiger partial charge in [0.1, 0.15) is 5.82 Å². The van der Waals surface area contributed by atoms with Gasteiger partial charge in [0.05, 0.1) is 11.1 Å². The predicted molar refractivity (Wildman–Crippen MR) is 46.8 cm³/mol. The van der Waals surface area contributed by atoms with E-state index in [1.165, 1.54) is 6.07 Å². The van der Waals surface area contributed by atoms with E-state index in [0.29, 0.717) is 11.1 Å². The van der Waals surface area contributed by atoms with Crippen LogP contribution in [0.3, 0.4) is 0 Å². The van der Waals surface area contributed by atoms with Gasteiger partial charge >= 0.3 is 0 Å². The van der Waals surface area contributed by atoms with E-state index in [2.05, 4.69) is 0 Å². The zero-order chi connectivity index (χ0) is 9.30. The number of hydrogen-bond acceptors (Lipinski definition) is 1. The number of halogens is 2. The average molecular weight is 189 g/mol. The summed E-state index contributed by atoms with van der Waals surface area (Å²) in [6.07, 6.45) is -0.657. The molecular weight excluding hydrogens is 179 g/mol. The molecule has 0 aliphatic heterocycles. The molecule has 0 heterocycles. The van der Waals surface area contributed by atoms with Gasteiger partial charge in [0.15, 0.2) is 0 Å². The lowest BCUT2D eigenvalue weighted by molar-refractivity contribution is 0.198. The van der Waals surface area contributed by atoms with Gasteiger partial charge in [-0.05, 0) is 31.0 Å². The van der Waals surface area contributed by atoms with Crippen LogP contribution in [0.15, 0.2) is 12.1 Å². The largest absolute Gasteiger partial charge is 0.389 e. The number of aryl methyl sites for hydroxylation is 1. The van der Waals surface area contributed by atoms with Crippen LogP contribution in [0.25, 0.3) is 0 Å². The third-order valence-corrected chi connectivity index (χ3v) is 2.19. The number of rotatable bonds is 1. The van der Waals surface area contributed by atoms with E-state index < -0.39 is 11.9 Å². The number of hydrogen-bond donors (Lipinski definition) is 1. The molecule has 0 fully saturated rings. The quantitative estimate of drug-likeness (QED) is 0.719. The number of aliphatic hydroxyl groups is 1. The van der Waals surface area contributed by atoms with Crippen LogP contribution in [0.4, 0.5) is 4.39 Å². The second-order valence-electron chi connectivity index (χ2n) is 2.81. The Morgan fingerprint density at radius 2 is 2.08 bits per heavy atom. The Labute approximate surface area is 75.8 Å². The van der Waals surface area contributed by atoms with Crippen molar-refractivity contribution in [3.05, 3.63) is 34.1 Å². The molecule has 0 bridgehead atoms. The fourth-order valence-corrected chi connectivity index (χ4v) is 1.10. The summed E-state index contributed by atoms with van der Waals surface area (Å²) in [5.74, 6) is -0.479. The average Bonchev–Trinajstić information content (AvgIpc) is 1.99. The maximum absolute atomic E-state index is 13.0. The minimum absolute atomic E-state index is 0.124. The Morgan fingerprint density at radius 1 is 1.50 bits per heavy atom. The molecule has 1 unspecified atom stereocenters. The standard InChI is InChI=1S/C9H10ClFO/c1-5-3-7(6(2)12)4-8(11)9(5)10/h3-4,6,12H,1-2H3. The van der Waals surface area contributed by atoms with Gasteiger partial charge in [-0.15, -0.1) is 0 Å². The molecule has 1 atom stereocenters. The van der Waals surface area contributed by atoms with Crippen molar-refractivity contribution in [3.8, 4) is 0 Å². The monoisotopic (exact) mass is 188 g/mol. The van der Waals surface area contributed by atoms with Crippen LogP contribution >= 0.6 is 11.6 Å². The fourth-order valence-electron chi connectivity index (χ4n) is 0.994. The van der Waals surface area contributed by atoms with E-state index in [0.717, 1.165) is 0 Å². The highest BCUT2D eigenvalue weighted by Gasteiger charge is 2.08. The first-order valence-electron chi connectivity index (χ1n) is 3.66. The fraction of sp³-hybridized carbons (Fsp3) is 0.333. The van der Waals surface area contributed by atoms with Crippen molar-refractivity contribution >= 4 is 11.6 Å². The smallest absolute Gasteiger partial charge is 0.142 e. The van der Waals surface area contributed by atoms with Gasteiger partial charge in [-0.25, -0.2) is 4.39 Å². The predicted octanol–water partition coefficient (Wildman–Crippen LogP) is 2.84. The molecule has 1 N–H and O–H groups in total. The molecule has 0 saturated carbocycles. The highest BCUT2D eigenvalue weighted by molar-refractivity contribution is 6.31. The van der Waals surface area contributed by atoms with Gasteiger partial charge in [-0.3, -0.25) is 0 Å². The molecule has 0 aliphatic rings. The van der Waals surface area contributed by atoms with E-state index in [9.17, 15) is 4.39 Å². The maximum atomic E-state index is 13.0. The molecule has 0 saturated heterocycles. The zero-order valence-electron chi connectivity index (χ0n) is 6.94. The first kappa shape index (κ1) is 9.49. The number of aliphatic hydroxyl groups excluding tert-OH is 1. The summed E-state index contributed by atoms with van der Waals surface area (Å²) >= 11 is 5.60. The van der Waals surface area contributed by atoms with Crippen molar-refractivity contribution in [3.63, 3.8) is 0 Å². The molecule has 12 heavy (non-hydrogen) atoms. The minimum Gasteiger partial charge on any atom is -0.389 e. The van der Waals surface area contributed by atoms with E-state index in [1.54, 1.807) is 19.9 Å². The van der Waals surface area contributed by atoms with Crippen LogP contribution in [-0.2, 0) is 0 Å². The Hall–Kier alpha value is -0.600. The zero-order valence-corrected chi connectivity index (χ0v) is 7.69. The molecule has 0 aliphatic carbocycles. The van der Waals surface area contributed by atoms with Gasteiger partial charge in [-0.2, -0.15) is 0 Å². The molecule has 1 aromatic rings. The van der Waals surface area contributed by atoms with Gasteiger partial charge in [0.25, 0.3) is 0 Å². The molecule has 1 nitrogen and oxygen atoms in total. The van der Waals surface area contributed by atoms with Crippen LogP contribution in [0, 0.1) is 12.7 Å². The van der Waals surface area contributed by atoms with E-state index in [4.69, 9.17) is 16.7 Å². The maximum Gasteiger partial charge on any atom is 0.142 e. The third-order valence-electron chi connectivity index (χ3n) is 1.71. The van der Waals surface area contributed by atoms with E-state index >= 15 is 0 Å². The summed E-state index contributed by atoms with van der Waals surface area (Å²) in [5.41, 5.74) is 1.20. The molecule has 1 rings (SSSR count). The van der Waals surface area contributed by atoms with Crippen LogP contribution in [-0.4, -0.2) is 5.11 Å². The first-order chi connectivity index (χ1) is 5.52. The van der Waals surface area contributed by atoms with Crippen LogP contribution in [0.2, 0.25) is 5.02 Å². The van der Waals surface area contributed by atoms with Crippen molar-refractivity contribution < 1.29 is 9.50 Å². The molecule has 66 valence electrons. The van der Waals surface area contributed by atoms with Crippen molar-refractivity contribution in [1.29, 1.82) is 0 Å². The van der Waals surface area contributed by atoms with Gasteiger partial charge in [-0.1, -0.05) is 17.7 Å². The SMILES string of the molecule is Cc1cc(C(C)O)cc(F)c1Cl. The Bertz CT molecular complexity index is 274. The summed E-state index contributed by atoms with van der Waals surface area (Å²) in [5, 5.41) is 9.28. The van der Waals surface area contributed by atoms with Crippen LogP contribution in [0.5, 0.6) is 0 Å². The molecule has 3 heteroatoms. The highest BCUT2D eigenvalue weighted by Crippen LogP contribution is 2.24.